The largest absolute Gasteiger partial charge is 0.486 e. The third kappa shape index (κ3) is 3.27. The van der Waals surface area contributed by atoms with E-state index in [1.165, 1.54) is 12.1 Å². The van der Waals surface area contributed by atoms with E-state index in [-0.39, 0.29) is 18.3 Å². The van der Waals surface area contributed by atoms with Gasteiger partial charge in [-0.3, -0.25) is 14.8 Å². The van der Waals surface area contributed by atoms with Gasteiger partial charge in [0.15, 0.2) is 5.75 Å². The number of halogens is 1. The number of nitro benzene ring substituents is 1. The average Bonchev–Trinajstić information content (AvgIpc) is 2.86. The van der Waals surface area contributed by atoms with Gasteiger partial charge in [0, 0.05) is 23.7 Å². The summed E-state index contributed by atoms with van der Waals surface area (Å²) in [5.41, 5.74) is 0.654. The Morgan fingerprint density at radius 1 is 1.50 bits per heavy atom. The Kier molecular flexibility index (Phi) is 4.24. The van der Waals surface area contributed by atoms with Gasteiger partial charge >= 0.3 is 0 Å². The van der Waals surface area contributed by atoms with Gasteiger partial charge in [-0.2, -0.15) is 5.10 Å². The number of hydrogen-bond donors (Lipinski definition) is 0. The summed E-state index contributed by atoms with van der Waals surface area (Å²) >= 11 is 5.99. The second-order valence-corrected chi connectivity index (χ2v) is 4.98. The average molecular weight is 296 g/mol. The molecule has 0 aliphatic carbocycles. The smallest absolute Gasteiger partial charge is 0.270 e. The predicted molar refractivity (Wildman–Crippen MR) is 75.1 cm³/mol. The first kappa shape index (κ1) is 14.3. The molecule has 106 valence electrons. The lowest BCUT2D eigenvalue weighted by atomic mass is 10.2. The van der Waals surface area contributed by atoms with Crippen molar-refractivity contribution >= 4 is 17.3 Å². The molecule has 2 rings (SSSR count). The van der Waals surface area contributed by atoms with Crippen molar-refractivity contribution in [2.24, 2.45) is 0 Å². The van der Waals surface area contributed by atoms with Crippen LogP contribution >= 0.6 is 11.6 Å². The van der Waals surface area contributed by atoms with Gasteiger partial charge in [-0.25, -0.2) is 0 Å². The second kappa shape index (κ2) is 5.92. The lowest BCUT2D eigenvalue weighted by molar-refractivity contribution is -0.384. The topological polar surface area (TPSA) is 70.2 Å². The molecule has 0 atom stereocenters. The molecule has 0 aliphatic heterocycles. The number of ether oxygens (including phenoxy) is 1. The van der Waals surface area contributed by atoms with Gasteiger partial charge in [-0.1, -0.05) is 11.6 Å². The molecule has 0 unspecified atom stereocenters. The molecule has 0 N–H and O–H groups in total. The molecule has 1 aromatic heterocycles. The van der Waals surface area contributed by atoms with Crippen LogP contribution in [0.5, 0.6) is 5.75 Å². The first-order valence-corrected chi connectivity index (χ1v) is 6.45. The van der Waals surface area contributed by atoms with Crippen LogP contribution < -0.4 is 4.74 Å². The van der Waals surface area contributed by atoms with Crippen molar-refractivity contribution in [1.29, 1.82) is 0 Å². The van der Waals surface area contributed by atoms with E-state index in [4.69, 9.17) is 16.3 Å². The highest BCUT2D eigenvalue weighted by molar-refractivity contribution is 6.31. The van der Waals surface area contributed by atoms with Gasteiger partial charge in [0.2, 0.25) is 0 Å². The normalized spacial score (nSPS) is 10.8. The summed E-state index contributed by atoms with van der Waals surface area (Å²) in [6.07, 6.45) is 3.42. The molecule has 2 aromatic rings. The van der Waals surface area contributed by atoms with E-state index in [2.05, 4.69) is 5.10 Å². The van der Waals surface area contributed by atoms with E-state index in [9.17, 15) is 10.1 Å². The molecule has 0 fully saturated rings. The van der Waals surface area contributed by atoms with E-state index in [1.54, 1.807) is 23.1 Å². The molecule has 0 radical (unpaired) electrons. The fourth-order valence-electron chi connectivity index (χ4n) is 1.61. The molecular formula is C13H14ClN3O3. The maximum Gasteiger partial charge on any atom is 0.270 e. The maximum absolute atomic E-state index is 10.6. The zero-order chi connectivity index (χ0) is 14.7. The number of rotatable bonds is 5. The van der Waals surface area contributed by atoms with Crippen LogP contribution in [-0.2, 0) is 6.61 Å². The minimum Gasteiger partial charge on any atom is -0.486 e. The van der Waals surface area contributed by atoms with Gasteiger partial charge in [0.05, 0.1) is 22.3 Å². The highest BCUT2D eigenvalue weighted by Crippen LogP contribution is 2.24. The summed E-state index contributed by atoms with van der Waals surface area (Å²) in [6.45, 7) is 4.27. The predicted octanol–water partition coefficient (Wildman–Crippen LogP) is 3.60. The Labute approximate surface area is 121 Å². The Morgan fingerprint density at radius 3 is 2.80 bits per heavy atom. The summed E-state index contributed by atoms with van der Waals surface area (Å²) < 4.78 is 7.35. The highest BCUT2D eigenvalue weighted by atomic mass is 35.5. The van der Waals surface area contributed by atoms with E-state index in [1.807, 2.05) is 13.8 Å². The van der Waals surface area contributed by atoms with Crippen LogP contribution in [0, 0.1) is 10.1 Å². The molecule has 0 saturated heterocycles. The van der Waals surface area contributed by atoms with Crippen molar-refractivity contribution in [3.05, 3.63) is 51.3 Å². The highest BCUT2D eigenvalue weighted by Gasteiger charge is 2.10. The number of nitro groups is 1. The minimum absolute atomic E-state index is 0.0358. The summed E-state index contributed by atoms with van der Waals surface area (Å²) in [4.78, 5) is 10.1. The first-order valence-electron chi connectivity index (χ1n) is 6.07. The molecule has 0 bridgehead atoms. The monoisotopic (exact) mass is 295 g/mol. The number of nitrogens with zero attached hydrogens (tertiary/aromatic N) is 3. The third-order valence-corrected chi connectivity index (χ3v) is 3.10. The van der Waals surface area contributed by atoms with Gasteiger partial charge in [-0.15, -0.1) is 0 Å². The molecule has 20 heavy (non-hydrogen) atoms. The number of aromatic nitrogens is 2. The van der Waals surface area contributed by atoms with Crippen LogP contribution in [0.4, 0.5) is 5.69 Å². The van der Waals surface area contributed by atoms with Crippen molar-refractivity contribution in [3.63, 3.8) is 0 Å². The van der Waals surface area contributed by atoms with E-state index >= 15 is 0 Å². The van der Waals surface area contributed by atoms with Crippen LogP contribution in [0.2, 0.25) is 5.02 Å². The Morgan fingerprint density at radius 2 is 2.25 bits per heavy atom. The van der Waals surface area contributed by atoms with Crippen molar-refractivity contribution in [2.75, 3.05) is 0 Å². The second-order valence-electron chi connectivity index (χ2n) is 4.57. The Bertz CT molecular complexity index is 625. The Hall–Kier alpha value is -2.08. The zero-order valence-corrected chi connectivity index (χ0v) is 11.9. The standard InChI is InChI=1S/C13H14ClN3O3/c1-9(2)16-7-12(6-15-16)20-8-10-3-4-11(17(18)19)5-13(10)14/h3-7,9H,8H2,1-2H3. The van der Waals surface area contributed by atoms with E-state index < -0.39 is 4.92 Å². The summed E-state index contributed by atoms with van der Waals surface area (Å²) in [5, 5.41) is 15.1. The van der Waals surface area contributed by atoms with Crippen LogP contribution in [0.25, 0.3) is 0 Å². The summed E-state index contributed by atoms with van der Waals surface area (Å²) in [5.74, 6) is 0.633. The van der Waals surface area contributed by atoms with Gasteiger partial charge < -0.3 is 4.74 Å². The lowest BCUT2D eigenvalue weighted by Gasteiger charge is -2.06. The van der Waals surface area contributed by atoms with E-state index in [0.29, 0.717) is 16.3 Å². The molecule has 1 heterocycles. The summed E-state index contributed by atoms with van der Waals surface area (Å²) in [6, 6.07) is 4.57. The van der Waals surface area contributed by atoms with Crippen molar-refractivity contribution in [1.82, 2.24) is 9.78 Å². The van der Waals surface area contributed by atoms with E-state index in [0.717, 1.165) is 0 Å². The van der Waals surface area contributed by atoms with Crippen LogP contribution in [0.1, 0.15) is 25.5 Å². The Balaban J connectivity index is 2.05. The van der Waals surface area contributed by atoms with Crippen LogP contribution in [0.15, 0.2) is 30.6 Å². The molecule has 0 saturated carbocycles. The maximum atomic E-state index is 10.6. The molecular weight excluding hydrogens is 282 g/mol. The van der Waals surface area contributed by atoms with Crippen molar-refractivity contribution in [3.8, 4) is 5.75 Å². The fourth-order valence-corrected chi connectivity index (χ4v) is 1.83. The minimum atomic E-state index is -0.483. The van der Waals surface area contributed by atoms with Gasteiger partial charge in [0.1, 0.15) is 6.61 Å². The first-order chi connectivity index (χ1) is 9.47. The quantitative estimate of drug-likeness (QED) is 0.624. The molecule has 0 spiro atoms. The molecule has 0 aliphatic rings. The number of non-ortho nitro benzene ring substituents is 1. The molecule has 0 amide bonds. The lowest BCUT2D eigenvalue weighted by Crippen LogP contribution is -2.00. The number of benzene rings is 1. The van der Waals surface area contributed by atoms with Gasteiger partial charge in [-0.05, 0) is 19.9 Å². The molecule has 6 nitrogen and oxygen atoms in total. The fraction of sp³-hybridized carbons (Fsp3) is 0.308. The van der Waals surface area contributed by atoms with Crippen molar-refractivity contribution < 1.29 is 9.66 Å². The molecule has 1 aromatic carbocycles. The van der Waals surface area contributed by atoms with Crippen LogP contribution in [0.3, 0.4) is 0 Å². The van der Waals surface area contributed by atoms with Crippen molar-refractivity contribution in [2.45, 2.75) is 26.5 Å². The zero-order valence-electron chi connectivity index (χ0n) is 11.1. The summed E-state index contributed by atoms with van der Waals surface area (Å²) in [7, 11) is 0. The number of hydrogen-bond acceptors (Lipinski definition) is 4. The third-order valence-electron chi connectivity index (χ3n) is 2.75. The van der Waals surface area contributed by atoms with Crippen LogP contribution in [-0.4, -0.2) is 14.7 Å². The van der Waals surface area contributed by atoms with Gasteiger partial charge in [0.25, 0.3) is 5.69 Å². The SMILES string of the molecule is CC(C)n1cc(OCc2ccc([N+](=O)[O-])cc2Cl)cn1. The molecule has 7 heteroatoms.